The van der Waals surface area contributed by atoms with Crippen molar-refractivity contribution >= 4 is 28.9 Å². The highest BCUT2D eigenvalue weighted by molar-refractivity contribution is 6.33. The highest BCUT2D eigenvalue weighted by Crippen LogP contribution is 2.23. The Morgan fingerprint density at radius 1 is 0.929 bits per heavy atom. The zero-order chi connectivity index (χ0) is 19.5. The summed E-state index contributed by atoms with van der Waals surface area (Å²) in [6.45, 7) is 4.09. The molecule has 0 amide bonds. The molecule has 0 unspecified atom stereocenters. The van der Waals surface area contributed by atoms with Gasteiger partial charge in [-0.3, -0.25) is 9.69 Å². The minimum absolute atomic E-state index is 0.203. The molecule has 1 aromatic carbocycles. The van der Waals surface area contributed by atoms with E-state index in [9.17, 15) is 4.79 Å². The predicted octanol–water partition coefficient (Wildman–Crippen LogP) is 3.26. The number of hydrogen-bond donors (Lipinski definition) is 0. The van der Waals surface area contributed by atoms with Crippen LogP contribution in [0.25, 0.3) is 5.69 Å². The van der Waals surface area contributed by atoms with E-state index < -0.39 is 0 Å². The van der Waals surface area contributed by atoms with Crippen molar-refractivity contribution in [3.63, 3.8) is 0 Å². The van der Waals surface area contributed by atoms with E-state index in [0.29, 0.717) is 16.5 Å². The Balaban J connectivity index is 1.45. The topological polar surface area (TPSA) is 54.3 Å². The fourth-order valence-corrected chi connectivity index (χ4v) is 3.66. The molecule has 0 N–H and O–H groups in total. The largest absolute Gasteiger partial charge is 0.366 e. The first-order valence-corrected chi connectivity index (χ1v) is 9.78. The lowest BCUT2D eigenvalue weighted by atomic mass is 10.2. The van der Waals surface area contributed by atoms with Crippen molar-refractivity contribution in [3.8, 4) is 5.69 Å². The molecule has 1 aliphatic rings. The molecule has 3 heterocycles. The van der Waals surface area contributed by atoms with Gasteiger partial charge in [-0.15, -0.1) is 0 Å². The maximum Gasteiger partial charge on any atom is 0.292 e. The van der Waals surface area contributed by atoms with Crippen LogP contribution in [-0.4, -0.2) is 45.8 Å². The van der Waals surface area contributed by atoms with E-state index in [1.807, 2.05) is 36.4 Å². The number of pyridine rings is 1. The highest BCUT2D eigenvalue weighted by atomic mass is 35.5. The van der Waals surface area contributed by atoms with Gasteiger partial charge in [0, 0.05) is 38.9 Å². The summed E-state index contributed by atoms with van der Waals surface area (Å²) in [7, 11) is 0. The number of anilines is 1. The zero-order valence-corrected chi connectivity index (χ0v) is 16.6. The smallest absolute Gasteiger partial charge is 0.292 e. The summed E-state index contributed by atoms with van der Waals surface area (Å²) in [5.74, 6) is 0. The molecule has 1 fully saturated rings. The Hall–Kier alpha value is -2.41. The van der Waals surface area contributed by atoms with Crippen molar-refractivity contribution in [2.24, 2.45) is 0 Å². The third-order valence-electron chi connectivity index (χ3n) is 4.81. The molecule has 144 valence electrons. The number of rotatable bonds is 4. The van der Waals surface area contributed by atoms with Crippen LogP contribution in [0.2, 0.25) is 10.2 Å². The monoisotopic (exact) mass is 415 g/mol. The van der Waals surface area contributed by atoms with Crippen molar-refractivity contribution in [2.45, 2.75) is 6.54 Å². The summed E-state index contributed by atoms with van der Waals surface area (Å²) >= 11 is 12.3. The molecule has 0 aliphatic carbocycles. The Morgan fingerprint density at radius 2 is 1.68 bits per heavy atom. The van der Waals surface area contributed by atoms with Gasteiger partial charge in [-0.2, -0.15) is 9.78 Å². The van der Waals surface area contributed by atoms with Gasteiger partial charge < -0.3 is 4.90 Å². The molecule has 3 aromatic rings. The van der Waals surface area contributed by atoms with E-state index in [4.69, 9.17) is 23.2 Å². The molecule has 0 saturated carbocycles. The Kier molecular flexibility index (Phi) is 5.62. The van der Waals surface area contributed by atoms with E-state index in [1.165, 1.54) is 4.68 Å². The average molecular weight is 416 g/mol. The molecule has 28 heavy (non-hydrogen) atoms. The van der Waals surface area contributed by atoms with Crippen molar-refractivity contribution in [3.05, 3.63) is 81.0 Å². The summed E-state index contributed by atoms with van der Waals surface area (Å²) in [5.41, 5.74) is 2.21. The first-order chi connectivity index (χ1) is 13.6. The Bertz CT molecular complexity index is 999. The number of benzene rings is 1. The maximum atomic E-state index is 12.7. The second-order valence-electron chi connectivity index (χ2n) is 6.65. The third kappa shape index (κ3) is 4.04. The number of para-hydroxylation sites is 1. The molecule has 1 aliphatic heterocycles. The van der Waals surface area contributed by atoms with E-state index in [-0.39, 0.29) is 10.6 Å². The Morgan fingerprint density at radius 3 is 2.36 bits per heavy atom. The van der Waals surface area contributed by atoms with Crippen LogP contribution in [0.1, 0.15) is 5.56 Å². The van der Waals surface area contributed by atoms with Crippen molar-refractivity contribution in [1.82, 2.24) is 19.7 Å². The highest BCUT2D eigenvalue weighted by Gasteiger charge is 2.21. The Labute approximate surface area is 172 Å². The molecule has 2 aromatic heterocycles. The first kappa shape index (κ1) is 18.9. The lowest BCUT2D eigenvalue weighted by Crippen LogP contribution is -2.46. The van der Waals surface area contributed by atoms with E-state index in [2.05, 4.69) is 19.9 Å². The second-order valence-corrected chi connectivity index (χ2v) is 7.41. The summed E-state index contributed by atoms with van der Waals surface area (Å²) < 4.78 is 1.33. The van der Waals surface area contributed by atoms with E-state index in [0.717, 1.165) is 38.3 Å². The summed E-state index contributed by atoms with van der Waals surface area (Å²) in [6, 6.07) is 13.1. The van der Waals surface area contributed by atoms with Gasteiger partial charge in [0.2, 0.25) is 0 Å². The van der Waals surface area contributed by atoms with Crippen LogP contribution in [0.15, 0.2) is 59.7 Å². The van der Waals surface area contributed by atoms with Crippen molar-refractivity contribution in [1.29, 1.82) is 0 Å². The molecule has 4 rings (SSSR count). The standard InChI is InChI=1S/C20H19Cl2N5O/c21-18-7-6-15(12-23-18)14-25-8-10-26(11-9-25)17-13-24-27(20(28)19(17)22)16-4-2-1-3-5-16/h1-7,12-13H,8-11,14H2. The molecular formula is C20H19Cl2N5O. The molecule has 0 radical (unpaired) electrons. The van der Waals surface area contributed by atoms with Gasteiger partial charge in [0.05, 0.1) is 17.6 Å². The van der Waals surface area contributed by atoms with Gasteiger partial charge in [-0.05, 0) is 23.8 Å². The lowest BCUT2D eigenvalue weighted by Gasteiger charge is -2.36. The van der Waals surface area contributed by atoms with Crippen LogP contribution in [0.4, 0.5) is 5.69 Å². The first-order valence-electron chi connectivity index (χ1n) is 9.03. The van der Waals surface area contributed by atoms with Crippen LogP contribution in [-0.2, 0) is 6.54 Å². The van der Waals surface area contributed by atoms with Gasteiger partial charge in [0.25, 0.3) is 5.56 Å². The second kappa shape index (κ2) is 8.31. The number of nitrogens with zero attached hydrogens (tertiary/aromatic N) is 5. The fourth-order valence-electron chi connectivity index (χ4n) is 3.30. The molecule has 8 heteroatoms. The fraction of sp³-hybridized carbons (Fsp3) is 0.250. The number of aromatic nitrogens is 3. The van der Waals surface area contributed by atoms with E-state index >= 15 is 0 Å². The number of halogens is 2. The van der Waals surface area contributed by atoms with Gasteiger partial charge in [0.1, 0.15) is 10.2 Å². The summed E-state index contributed by atoms with van der Waals surface area (Å²) in [5, 5.41) is 5.03. The molecule has 0 bridgehead atoms. The SMILES string of the molecule is O=c1c(Cl)c(N2CCN(Cc3ccc(Cl)nc3)CC2)cnn1-c1ccccc1. The minimum atomic E-state index is -0.306. The number of piperazine rings is 1. The van der Waals surface area contributed by atoms with Gasteiger partial charge in [0.15, 0.2) is 0 Å². The van der Waals surface area contributed by atoms with Crippen molar-refractivity contribution in [2.75, 3.05) is 31.1 Å². The van der Waals surface area contributed by atoms with Crippen LogP contribution >= 0.6 is 23.2 Å². The van der Waals surface area contributed by atoms with Crippen LogP contribution in [0.3, 0.4) is 0 Å². The number of hydrogen-bond acceptors (Lipinski definition) is 5. The molecule has 0 spiro atoms. The lowest BCUT2D eigenvalue weighted by molar-refractivity contribution is 0.249. The average Bonchev–Trinajstić information content (AvgIpc) is 2.73. The van der Waals surface area contributed by atoms with Gasteiger partial charge in [-0.25, -0.2) is 4.98 Å². The summed E-state index contributed by atoms with van der Waals surface area (Å²) in [6.07, 6.45) is 3.48. The molecule has 6 nitrogen and oxygen atoms in total. The van der Waals surface area contributed by atoms with Crippen molar-refractivity contribution < 1.29 is 0 Å². The molecular weight excluding hydrogens is 397 g/mol. The molecule has 0 atom stereocenters. The quantitative estimate of drug-likeness (QED) is 0.612. The maximum absolute atomic E-state index is 12.7. The van der Waals surface area contributed by atoms with E-state index in [1.54, 1.807) is 18.5 Å². The zero-order valence-electron chi connectivity index (χ0n) is 15.1. The van der Waals surface area contributed by atoms with Crippen LogP contribution in [0.5, 0.6) is 0 Å². The van der Waals surface area contributed by atoms with Gasteiger partial charge in [-0.1, -0.05) is 47.5 Å². The predicted molar refractivity (Wildman–Crippen MR) is 112 cm³/mol. The van der Waals surface area contributed by atoms with Crippen LogP contribution < -0.4 is 10.5 Å². The van der Waals surface area contributed by atoms with Crippen LogP contribution in [0, 0.1) is 0 Å². The van der Waals surface area contributed by atoms with Gasteiger partial charge >= 0.3 is 0 Å². The summed E-state index contributed by atoms with van der Waals surface area (Å²) in [4.78, 5) is 21.3. The minimum Gasteiger partial charge on any atom is -0.366 e. The normalized spacial score (nSPS) is 15.0. The third-order valence-corrected chi connectivity index (χ3v) is 5.39. The molecule has 1 saturated heterocycles.